The van der Waals surface area contributed by atoms with Crippen molar-refractivity contribution in [3.8, 4) is 0 Å². The number of carbonyl (C=O) groups excluding carboxylic acids is 1. The summed E-state index contributed by atoms with van der Waals surface area (Å²) in [7, 11) is 0. The largest absolute Gasteiger partial charge is 0.472 e. The fourth-order valence-electron chi connectivity index (χ4n) is 1.25. The van der Waals surface area contributed by atoms with Gasteiger partial charge in [0.2, 0.25) is 0 Å². The number of halogens is 2. The number of carbonyl (C=O) groups is 1. The summed E-state index contributed by atoms with van der Waals surface area (Å²) in [5.41, 5.74) is 3.42. The van der Waals surface area contributed by atoms with Crippen molar-refractivity contribution in [1.29, 1.82) is 0 Å². The molecular formula is C12H8Cl2N2O2. The van der Waals surface area contributed by atoms with Crippen LogP contribution >= 0.6 is 23.2 Å². The number of furan rings is 1. The van der Waals surface area contributed by atoms with Gasteiger partial charge in [-0.3, -0.25) is 4.79 Å². The van der Waals surface area contributed by atoms with E-state index in [0.717, 1.165) is 5.56 Å². The average Bonchev–Trinajstić information content (AvgIpc) is 2.81. The molecule has 0 spiro atoms. The SMILES string of the molecule is O=C(N/N=C/c1ccoc1)c1ccc(Cl)cc1Cl. The number of hydrogen-bond donors (Lipinski definition) is 1. The summed E-state index contributed by atoms with van der Waals surface area (Å²) in [5, 5.41) is 4.52. The number of amides is 1. The Morgan fingerprint density at radius 3 is 2.83 bits per heavy atom. The molecule has 4 nitrogen and oxygen atoms in total. The van der Waals surface area contributed by atoms with Gasteiger partial charge < -0.3 is 4.42 Å². The van der Waals surface area contributed by atoms with Crippen LogP contribution in [0.5, 0.6) is 0 Å². The number of rotatable bonds is 3. The maximum atomic E-state index is 11.7. The van der Waals surface area contributed by atoms with Gasteiger partial charge in [0.1, 0.15) is 0 Å². The van der Waals surface area contributed by atoms with E-state index in [1.165, 1.54) is 30.9 Å². The highest BCUT2D eigenvalue weighted by molar-refractivity contribution is 6.36. The Labute approximate surface area is 113 Å². The summed E-state index contributed by atoms with van der Waals surface area (Å²) >= 11 is 11.6. The molecule has 0 atom stereocenters. The minimum atomic E-state index is -0.406. The molecule has 0 saturated carbocycles. The Bertz CT molecular complexity index is 580. The first-order valence-electron chi connectivity index (χ1n) is 4.97. The lowest BCUT2D eigenvalue weighted by Gasteiger charge is -2.02. The molecule has 0 aliphatic heterocycles. The number of hydrazone groups is 1. The number of hydrogen-bond acceptors (Lipinski definition) is 3. The first kappa shape index (κ1) is 12.7. The van der Waals surface area contributed by atoms with Crippen molar-refractivity contribution in [1.82, 2.24) is 5.43 Å². The number of nitrogens with zero attached hydrogens (tertiary/aromatic N) is 1. The highest BCUT2D eigenvalue weighted by Gasteiger charge is 2.09. The van der Waals surface area contributed by atoms with E-state index in [-0.39, 0.29) is 5.02 Å². The van der Waals surface area contributed by atoms with Crippen LogP contribution in [0.2, 0.25) is 10.0 Å². The van der Waals surface area contributed by atoms with Crippen LogP contribution in [0.25, 0.3) is 0 Å². The summed E-state index contributed by atoms with van der Waals surface area (Å²) in [6, 6.07) is 6.33. The van der Waals surface area contributed by atoms with Gasteiger partial charge in [-0.05, 0) is 24.3 Å². The average molecular weight is 283 g/mol. The molecule has 1 N–H and O–H groups in total. The molecule has 2 rings (SSSR count). The predicted octanol–water partition coefficient (Wildman–Crippen LogP) is 3.35. The van der Waals surface area contributed by atoms with Crippen LogP contribution < -0.4 is 5.43 Å². The van der Waals surface area contributed by atoms with Gasteiger partial charge in [-0.1, -0.05) is 23.2 Å². The van der Waals surface area contributed by atoms with E-state index in [0.29, 0.717) is 10.6 Å². The predicted molar refractivity (Wildman–Crippen MR) is 70.2 cm³/mol. The van der Waals surface area contributed by atoms with Crippen molar-refractivity contribution < 1.29 is 9.21 Å². The summed E-state index contributed by atoms with van der Waals surface area (Å²) in [6.45, 7) is 0. The van der Waals surface area contributed by atoms with Crippen molar-refractivity contribution in [3.63, 3.8) is 0 Å². The van der Waals surface area contributed by atoms with E-state index in [9.17, 15) is 4.79 Å². The van der Waals surface area contributed by atoms with Crippen molar-refractivity contribution in [3.05, 3.63) is 58.0 Å². The Morgan fingerprint density at radius 1 is 1.33 bits per heavy atom. The number of benzene rings is 1. The van der Waals surface area contributed by atoms with Crippen molar-refractivity contribution in [2.75, 3.05) is 0 Å². The van der Waals surface area contributed by atoms with Gasteiger partial charge in [0.05, 0.1) is 29.3 Å². The first-order chi connectivity index (χ1) is 8.66. The second kappa shape index (κ2) is 5.71. The molecule has 6 heteroatoms. The lowest BCUT2D eigenvalue weighted by Crippen LogP contribution is -2.17. The topological polar surface area (TPSA) is 54.6 Å². The molecule has 0 aliphatic rings. The molecule has 0 unspecified atom stereocenters. The van der Waals surface area contributed by atoms with Gasteiger partial charge in [0.15, 0.2) is 0 Å². The Hall–Kier alpha value is -1.78. The lowest BCUT2D eigenvalue weighted by atomic mass is 10.2. The molecule has 0 bridgehead atoms. The van der Waals surface area contributed by atoms with E-state index >= 15 is 0 Å². The Balaban J connectivity index is 2.04. The molecule has 92 valence electrons. The van der Waals surface area contributed by atoms with Gasteiger partial charge in [0, 0.05) is 10.6 Å². The van der Waals surface area contributed by atoms with Gasteiger partial charge >= 0.3 is 0 Å². The molecule has 1 amide bonds. The Morgan fingerprint density at radius 2 is 2.17 bits per heavy atom. The van der Waals surface area contributed by atoms with E-state index in [1.807, 2.05) is 0 Å². The number of nitrogens with one attached hydrogen (secondary N) is 1. The minimum Gasteiger partial charge on any atom is -0.472 e. The van der Waals surface area contributed by atoms with Gasteiger partial charge in [-0.25, -0.2) is 5.43 Å². The third-order valence-corrected chi connectivity index (χ3v) is 2.65. The zero-order valence-electron chi connectivity index (χ0n) is 9.06. The normalized spacial score (nSPS) is 10.8. The van der Waals surface area contributed by atoms with Gasteiger partial charge in [-0.15, -0.1) is 0 Å². The highest BCUT2D eigenvalue weighted by Crippen LogP contribution is 2.20. The van der Waals surface area contributed by atoms with E-state index in [2.05, 4.69) is 10.5 Å². The second-order valence-corrected chi connectivity index (χ2v) is 4.22. The van der Waals surface area contributed by atoms with Crippen LogP contribution in [-0.4, -0.2) is 12.1 Å². The zero-order chi connectivity index (χ0) is 13.0. The fourth-order valence-corrected chi connectivity index (χ4v) is 1.74. The molecule has 0 fully saturated rings. The molecule has 1 aromatic heterocycles. The molecule has 0 saturated heterocycles. The van der Waals surface area contributed by atoms with E-state index < -0.39 is 5.91 Å². The first-order valence-corrected chi connectivity index (χ1v) is 5.73. The molecule has 0 radical (unpaired) electrons. The summed E-state index contributed by atoms with van der Waals surface area (Å²) in [5.74, 6) is -0.406. The van der Waals surface area contributed by atoms with E-state index in [1.54, 1.807) is 12.1 Å². The maximum Gasteiger partial charge on any atom is 0.272 e. The third-order valence-electron chi connectivity index (χ3n) is 2.10. The monoisotopic (exact) mass is 282 g/mol. The molecular weight excluding hydrogens is 275 g/mol. The van der Waals surface area contributed by atoms with Crippen LogP contribution in [-0.2, 0) is 0 Å². The quantitative estimate of drug-likeness (QED) is 0.693. The molecule has 18 heavy (non-hydrogen) atoms. The zero-order valence-corrected chi connectivity index (χ0v) is 10.6. The minimum absolute atomic E-state index is 0.276. The van der Waals surface area contributed by atoms with Gasteiger partial charge in [0.25, 0.3) is 5.91 Å². The fraction of sp³-hybridized carbons (Fsp3) is 0. The van der Waals surface area contributed by atoms with Crippen molar-refractivity contribution in [2.24, 2.45) is 5.10 Å². The molecule has 1 heterocycles. The standard InChI is InChI=1S/C12H8Cl2N2O2/c13-9-1-2-10(11(14)5-9)12(17)16-15-6-8-3-4-18-7-8/h1-7H,(H,16,17)/b15-6+. The van der Waals surface area contributed by atoms with Crippen molar-refractivity contribution in [2.45, 2.75) is 0 Å². The van der Waals surface area contributed by atoms with Crippen LogP contribution in [0.3, 0.4) is 0 Å². The summed E-state index contributed by atoms with van der Waals surface area (Å²) in [4.78, 5) is 11.7. The van der Waals surface area contributed by atoms with Crippen LogP contribution in [0.15, 0.2) is 46.3 Å². The maximum absolute atomic E-state index is 11.7. The smallest absolute Gasteiger partial charge is 0.272 e. The van der Waals surface area contributed by atoms with E-state index in [4.69, 9.17) is 27.6 Å². The van der Waals surface area contributed by atoms with Crippen LogP contribution in [0.4, 0.5) is 0 Å². The Kier molecular flexibility index (Phi) is 4.02. The van der Waals surface area contributed by atoms with Crippen LogP contribution in [0, 0.1) is 0 Å². The summed E-state index contributed by atoms with van der Waals surface area (Å²) in [6.07, 6.45) is 4.48. The molecule has 0 aliphatic carbocycles. The van der Waals surface area contributed by atoms with Crippen LogP contribution in [0.1, 0.15) is 15.9 Å². The third kappa shape index (κ3) is 3.12. The highest BCUT2D eigenvalue weighted by atomic mass is 35.5. The lowest BCUT2D eigenvalue weighted by molar-refractivity contribution is 0.0955. The molecule has 1 aromatic carbocycles. The second-order valence-electron chi connectivity index (χ2n) is 3.38. The van der Waals surface area contributed by atoms with Gasteiger partial charge in [-0.2, -0.15) is 5.10 Å². The van der Waals surface area contributed by atoms with Crippen molar-refractivity contribution >= 4 is 35.3 Å². The summed E-state index contributed by atoms with van der Waals surface area (Å²) < 4.78 is 4.85. The molecule has 2 aromatic rings.